The van der Waals surface area contributed by atoms with Gasteiger partial charge in [0.05, 0.1) is 10.7 Å². The van der Waals surface area contributed by atoms with Crippen LogP contribution in [0.5, 0.6) is 0 Å². The van der Waals surface area contributed by atoms with Crippen LogP contribution in [0.25, 0.3) is 0 Å². The summed E-state index contributed by atoms with van der Waals surface area (Å²) in [5.74, 6) is -0.889. The van der Waals surface area contributed by atoms with Gasteiger partial charge in [-0.25, -0.2) is 0 Å². The maximum Gasteiger partial charge on any atom is 0.173 e. The summed E-state index contributed by atoms with van der Waals surface area (Å²) in [6.45, 7) is 10.5. The maximum absolute atomic E-state index is 6.01. The minimum Gasteiger partial charge on any atom is -0.339 e. The molecular formula is C17H24O3P. The molecule has 0 amide bonds. The second kappa shape index (κ2) is 4.76. The van der Waals surface area contributed by atoms with Gasteiger partial charge in [-0.2, -0.15) is 0 Å². The SMILES string of the molecule is CC12CC3(C)OC(C)(CC(C)(O1)[P]3)O2.Cc1ccccc1. The van der Waals surface area contributed by atoms with E-state index >= 15 is 0 Å². The molecule has 1 aromatic carbocycles. The zero-order valence-electron chi connectivity index (χ0n) is 13.5. The number of rotatable bonds is 0. The number of ether oxygens (including phenoxy) is 3. The Bertz CT molecular complexity index is 435. The zero-order valence-corrected chi connectivity index (χ0v) is 14.4. The molecule has 5 rings (SSSR count). The Balaban J connectivity index is 0.000000160. The first kappa shape index (κ1) is 15.4. The summed E-state index contributed by atoms with van der Waals surface area (Å²) in [6.07, 6.45) is 1.65. The molecule has 0 N–H and O–H groups in total. The summed E-state index contributed by atoms with van der Waals surface area (Å²) in [6, 6.07) is 10.3. The van der Waals surface area contributed by atoms with E-state index in [0.29, 0.717) is 0 Å². The van der Waals surface area contributed by atoms with E-state index in [1.165, 1.54) is 14.1 Å². The average molecular weight is 307 g/mol. The van der Waals surface area contributed by atoms with Crippen LogP contribution < -0.4 is 0 Å². The number of hydrogen-bond donors (Lipinski definition) is 0. The van der Waals surface area contributed by atoms with Crippen molar-refractivity contribution in [1.29, 1.82) is 0 Å². The van der Waals surface area contributed by atoms with Gasteiger partial charge in [0.2, 0.25) is 0 Å². The molecule has 4 heterocycles. The largest absolute Gasteiger partial charge is 0.339 e. The lowest BCUT2D eigenvalue weighted by Crippen LogP contribution is -2.69. The van der Waals surface area contributed by atoms with Crippen molar-refractivity contribution in [2.75, 3.05) is 0 Å². The van der Waals surface area contributed by atoms with Crippen molar-refractivity contribution >= 4 is 8.58 Å². The topological polar surface area (TPSA) is 27.7 Å². The Kier molecular flexibility index (Phi) is 3.50. The highest BCUT2D eigenvalue weighted by Crippen LogP contribution is 2.67. The first-order valence-electron chi connectivity index (χ1n) is 7.50. The molecular weight excluding hydrogens is 283 g/mol. The molecule has 4 unspecified atom stereocenters. The third kappa shape index (κ3) is 3.17. The molecule has 1 aromatic rings. The van der Waals surface area contributed by atoms with Crippen molar-refractivity contribution in [2.45, 2.75) is 69.7 Å². The van der Waals surface area contributed by atoms with Gasteiger partial charge in [-0.05, 0) is 43.2 Å². The highest BCUT2D eigenvalue weighted by atomic mass is 31.1. The lowest BCUT2D eigenvalue weighted by molar-refractivity contribution is -0.467. The van der Waals surface area contributed by atoms with Gasteiger partial charge in [0.1, 0.15) is 0 Å². The fourth-order valence-corrected chi connectivity index (χ4v) is 6.21. The molecule has 0 aliphatic carbocycles. The van der Waals surface area contributed by atoms with Gasteiger partial charge < -0.3 is 14.2 Å². The van der Waals surface area contributed by atoms with Crippen molar-refractivity contribution in [3.8, 4) is 0 Å². The predicted octanol–water partition coefficient (Wildman–Crippen LogP) is 4.66. The minimum absolute atomic E-state index is 0.0903. The molecule has 4 saturated heterocycles. The summed E-state index contributed by atoms with van der Waals surface area (Å²) in [5, 5.41) is -0.181. The van der Waals surface area contributed by atoms with Crippen LogP contribution in [0, 0.1) is 6.92 Å². The van der Waals surface area contributed by atoms with Gasteiger partial charge in [-0.15, -0.1) is 0 Å². The Labute approximate surface area is 129 Å². The second-order valence-corrected chi connectivity index (χ2v) is 9.16. The van der Waals surface area contributed by atoms with Crippen molar-refractivity contribution in [1.82, 2.24) is 0 Å². The van der Waals surface area contributed by atoms with Gasteiger partial charge in [-0.1, -0.05) is 35.9 Å². The van der Waals surface area contributed by atoms with Crippen LogP contribution in [0.3, 0.4) is 0 Å². The maximum atomic E-state index is 6.01. The van der Waals surface area contributed by atoms with E-state index in [2.05, 4.69) is 32.9 Å². The molecule has 0 saturated carbocycles. The quantitative estimate of drug-likeness (QED) is 0.652. The van der Waals surface area contributed by atoms with E-state index in [0.717, 1.165) is 12.8 Å². The number of benzene rings is 1. The van der Waals surface area contributed by atoms with Crippen LogP contribution in [0.1, 0.15) is 46.1 Å². The van der Waals surface area contributed by atoms with Crippen LogP contribution in [0.4, 0.5) is 0 Å². The summed E-state index contributed by atoms with van der Waals surface area (Å²) < 4.78 is 17.9. The highest BCUT2D eigenvalue weighted by Gasteiger charge is 2.66. The first-order chi connectivity index (χ1) is 9.64. The average Bonchev–Trinajstić information content (AvgIpc) is 2.21. The normalized spacial score (nSPS) is 48.0. The van der Waals surface area contributed by atoms with Crippen molar-refractivity contribution in [3.63, 3.8) is 0 Å². The molecule has 1 radical (unpaired) electrons. The molecule has 4 aliphatic heterocycles. The summed E-state index contributed by atoms with van der Waals surface area (Å²) in [7, 11) is 1.25. The summed E-state index contributed by atoms with van der Waals surface area (Å²) in [5.41, 5.74) is 1.32. The third-order valence-corrected chi connectivity index (χ3v) is 5.46. The van der Waals surface area contributed by atoms with Crippen LogP contribution in [0.2, 0.25) is 0 Å². The molecule has 4 heteroatoms. The van der Waals surface area contributed by atoms with Gasteiger partial charge in [0, 0.05) is 12.8 Å². The summed E-state index contributed by atoms with van der Waals surface area (Å²) in [4.78, 5) is 0. The predicted molar refractivity (Wildman–Crippen MR) is 84.2 cm³/mol. The third-order valence-electron chi connectivity index (χ3n) is 4.02. The molecule has 115 valence electrons. The fourth-order valence-electron chi connectivity index (χ4n) is 4.00. The minimum atomic E-state index is -0.444. The van der Waals surface area contributed by atoms with Crippen molar-refractivity contribution in [3.05, 3.63) is 35.9 Å². The van der Waals surface area contributed by atoms with Gasteiger partial charge >= 0.3 is 0 Å². The van der Waals surface area contributed by atoms with Crippen LogP contribution in [-0.4, -0.2) is 22.3 Å². The first-order valence-corrected chi connectivity index (χ1v) is 8.39. The standard InChI is InChI=1S/C10H16O3P.C7H8/c1-7-5-9(3)13-8(2,11-7)6-10(4,12-7)14-9;1-7-5-3-2-4-6-7/h5-6H2,1-4H3;2-6H,1H3. The number of hydrogen-bond acceptors (Lipinski definition) is 3. The lowest BCUT2D eigenvalue weighted by atomic mass is 9.98. The molecule has 4 bridgehead atoms. The number of aryl methyl sites for hydroxylation is 1. The Morgan fingerprint density at radius 1 is 0.810 bits per heavy atom. The summed E-state index contributed by atoms with van der Waals surface area (Å²) >= 11 is 0. The van der Waals surface area contributed by atoms with E-state index in [1.807, 2.05) is 32.0 Å². The second-order valence-electron chi connectivity index (χ2n) is 7.04. The van der Waals surface area contributed by atoms with Gasteiger partial charge in [0.15, 0.2) is 11.6 Å². The smallest absolute Gasteiger partial charge is 0.173 e. The Morgan fingerprint density at radius 2 is 1.29 bits per heavy atom. The van der Waals surface area contributed by atoms with Crippen molar-refractivity contribution in [2.24, 2.45) is 0 Å². The molecule has 0 spiro atoms. The monoisotopic (exact) mass is 307 g/mol. The van der Waals surface area contributed by atoms with E-state index in [9.17, 15) is 0 Å². The van der Waals surface area contributed by atoms with E-state index < -0.39 is 11.6 Å². The van der Waals surface area contributed by atoms with Crippen LogP contribution >= 0.6 is 8.58 Å². The fraction of sp³-hybridized carbons (Fsp3) is 0.647. The molecule has 4 aliphatic rings. The Morgan fingerprint density at radius 3 is 1.62 bits per heavy atom. The van der Waals surface area contributed by atoms with E-state index in [1.54, 1.807) is 0 Å². The molecule has 4 atom stereocenters. The van der Waals surface area contributed by atoms with E-state index in [4.69, 9.17) is 14.2 Å². The molecule has 3 nitrogen and oxygen atoms in total. The zero-order chi connectivity index (χ0) is 15.4. The van der Waals surface area contributed by atoms with Gasteiger partial charge in [-0.3, -0.25) is 0 Å². The van der Waals surface area contributed by atoms with Crippen LogP contribution in [0.15, 0.2) is 30.3 Å². The Hall–Kier alpha value is -0.470. The molecule has 0 aromatic heterocycles. The van der Waals surface area contributed by atoms with E-state index in [-0.39, 0.29) is 10.7 Å². The molecule has 4 fully saturated rings. The highest BCUT2D eigenvalue weighted by molar-refractivity contribution is 7.41. The lowest BCUT2D eigenvalue weighted by Gasteiger charge is -2.65. The molecule has 21 heavy (non-hydrogen) atoms. The van der Waals surface area contributed by atoms with Crippen molar-refractivity contribution < 1.29 is 14.2 Å². The van der Waals surface area contributed by atoms with Gasteiger partial charge in [0.25, 0.3) is 0 Å². The van der Waals surface area contributed by atoms with Crippen LogP contribution in [-0.2, 0) is 14.2 Å².